The van der Waals surface area contributed by atoms with Gasteiger partial charge in [-0.15, -0.1) is 0 Å². The number of likely N-dealkylation sites (tertiary alicyclic amines) is 1. The van der Waals surface area contributed by atoms with Crippen molar-refractivity contribution < 1.29 is 13.2 Å². The molecule has 1 aromatic rings. The highest BCUT2D eigenvalue weighted by atomic mass is 32.2. The van der Waals surface area contributed by atoms with Crippen molar-refractivity contribution in [3.8, 4) is 0 Å². The van der Waals surface area contributed by atoms with Crippen molar-refractivity contribution in [3.63, 3.8) is 0 Å². The number of piperidine rings is 1. The topological polar surface area (TPSA) is 83.7 Å². The maximum atomic E-state index is 13.0. The molecule has 2 heterocycles. The summed E-state index contributed by atoms with van der Waals surface area (Å²) in [5.74, 6) is -0.224. The van der Waals surface area contributed by atoms with E-state index >= 15 is 0 Å². The van der Waals surface area contributed by atoms with Crippen LogP contribution in [-0.2, 0) is 10.0 Å². The van der Waals surface area contributed by atoms with Crippen molar-refractivity contribution in [2.45, 2.75) is 37.5 Å². The van der Waals surface area contributed by atoms with Gasteiger partial charge in [0.2, 0.25) is 15.9 Å². The third kappa shape index (κ3) is 4.22. The second-order valence-electron chi connectivity index (χ2n) is 7.28. The second-order valence-corrected chi connectivity index (χ2v) is 9.22. The van der Waals surface area contributed by atoms with Gasteiger partial charge in [-0.25, -0.2) is 8.42 Å². The molecule has 0 bridgehead atoms. The van der Waals surface area contributed by atoms with Crippen LogP contribution in [0.4, 0.5) is 0 Å². The first-order chi connectivity index (χ1) is 11.9. The zero-order valence-corrected chi connectivity index (χ0v) is 15.6. The third-order valence-corrected chi connectivity index (χ3v) is 7.03. The smallest absolute Gasteiger partial charge is 0.248 e. The van der Waals surface area contributed by atoms with Gasteiger partial charge in [-0.05, 0) is 69.0 Å². The Hall–Kier alpha value is -1.44. The first-order valence-corrected chi connectivity index (χ1v) is 10.4. The maximum absolute atomic E-state index is 13.0. The Morgan fingerprint density at radius 1 is 1.16 bits per heavy atom. The Morgan fingerprint density at radius 2 is 1.88 bits per heavy atom. The van der Waals surface area contributed by atoms with Crippen molar-refractivity contribution in [2.24, 2.45) is 11.7 Å². The van der Waals surface area contributed by atoms with Crippen LogP contribution in [0.25, 0.3) is 0 Å². The average Bonchev–Trinajstić information content (AvgIpc) is 3.04. The molecule has 0 aliphatic carbocycles. The highest BCUT2D eigenvalue weighted by molar-refractivity contribution is 7.89. The normalized spacial score (nSPS) is 23.0. The number of benzene rings is 1. The van der Waals surface area contributed by atoms with Crippen LogP contribution >= 0.6 is 0 Å². The molecule has 1 atom stereocenters. The highest BCUT2D eigenvalue weighted by Gasteiger charge is 2.33. The number of nitrogens with two attached hydrogens (primary N) is 1. The summed E-state index contributed by atoms with van der Waals surface area (Å²) < 4.78 is 27.5. The molecule has 2 fully saturated rings. The summed E-state index contributed by atoms with van der Waals surface area (Å²) in [5.41, 5.74) is 6.28. The lowest BCUT2D eigenvalue weighted by Gasteiger charge is -2.29. The molecule has 1 aromatic carbocycles. The molecule has 7 heteroatoms. The second kappa shape index (κ2) is 7.43. The minimum absolute atomic E-state index is 0.167. The monoisotopic (exact) mass is 365 g/mol. The summed E-state index contributed by atoms with van der Waals surface area (Å²) in [6.45, 7) is 6.10. The van der Waals surface area contributed by atoms with Gasteiger partial charge in [0.05, 0.1) is 4.90 Å². The summed E-state index contributed by atoms with van der Waals surface area (Å²) in [5, 5.41) is 0. The van der Waals surface area contributed by atoms with Crippen molar-refractivity contribution in [1.29, 1.82) is 0 Å². The molecular formula is C18H27N3O3S. The molecule has 1 amide bonds. The SMILES string of the molecule is Cc1cc(C(N)=O)cc(S(=O)(=O)N2CCC(CN3CCCCC3)C2)c1. The largest absolute Gasteiger partial charge is 0.366 e. The van der Waals surface area contributed by atoms with Crippen LogP contribution in [0, 0.1) is 12.8 Å². The van der Waals surface area contributed by atoms with E-state index in [1.165, 1.54) is 25.3 Å². The van der Waals surface area contributed by atoms with Crippen molar-refractivity contribution in [3.05, 3.63) is 29.3 Å². The van der Waals surface area contributed by atoms with E-state index in [9.17, 15) is 13.2 Å². The van der Waals surface area contributed by atoms with Gasteiger partial charge in [0.25, 0.3) is 0 Å². The molecule has 2 aliphatic rings. The van der Waals surface area contributed by atoms with Crippen LogP contribution in [0.15, 0.2) is 23.1 Å². The standard InChI is InChI=1S/C18H27N3O3S/c1-14-9-16(18(19)22)11-17(10-14)25(23,24)21-8-5-15(13-21)12-20-6-3-2-4-7-20/h9-11,15H,2-8,12-13H2,1H3,(H2,19,22). The predicted octanol–water partition coefficient (Wildman–Crippen LogP) is 1.59. The molecule has 2 N–H and O–H groups in total. The predicted molar refractivity (Wildman–Crippen MR) is 96.9 cm³/mol. The fourth-order valence-corrected chi connectivity index (χ4v) is 5.52. The lowest BCUT2D eigenvalue weighted by molar-refractivity contribution is 0.1000. The zero-order chi connectivity index (χ0) is 18.0. The zero-order valence-electron chi connectivity index (χ0n) is 14.8. The van der Waals surface area contributed by atoms with Crippen molar-refractivity contribution >= 4 is 15.9 Å². The Kier molecular flexibility index (Phi) is 5.46. The minimum Gasteiger partial charge on any atom is -0.366 e. The number of sulfonamides is 1. The van der Waals surface area contributed by atoms with E-state index in [1.807, 2.05) is 0 Å². The van der Waals surface area contributed by atoms with E-state index < -0.39 is 15.9 Å². The summed E-state index contributed by atoms with van der Waals surface area (Å²) >= 11 is 0. The van der Waals surface area contributed by atoms with Gasteiger partial charge >= 0.3 is 0 Å². The van der Waals surface area contributed by atoms with Crippen LogP contribution in [-0.4, -0.2) is 56.3 Å². The molecule has 25 heavy (non-hydrogen) atoms. The van der Waals surface area contributed by atoms with Gasteiger partial charge in [-0.3, -0.25) is 4.79 Å². The van der Waals surface area contributed by atoms with Gasteiger partial charge < -0.3 is 10.6 Å². The fourth-order valence-electron chi connectivity index (χ4n) is 3.86. The van der Waals surface area contributed by atoms with E-state index in [-0.39, 0.29) is 10.5 Å². The Labute approximate surface area is 150 Å². The summed E-state index contributed by atoms with van der Waals surface area (Å²) in [6.07, 6.45) is 4.68. The number of carbonyl (C=O) groups excluding carboxylic acids is 1. The van der Waals surface area contributed by atoms with Crippen LogP contribution in [0.3, 0.4) is 0 Å². The number of hydrogen-bond acceptors (Lipinski definition) is 4. The number of aryl methyl sites for hydroxylation is 1. The first-order valence-electron chi connectivity index (χ1n) is 9.00. The Bertz CT molecular complexity index is 742. The van der Waals surface area contributed by atoms with Gasteiger partial charge in [-0.1, -0.05) is 6.42 Å². The molecule has 3 rings (SSSR count). The molecule has 2 saturated heterocycles. The molecule has 0 spiro atoms. The number of primary amides is 1. The van der Waals surface area contributed by atoms with E-state index in [1.54, 1.807) is 23.4 Å². The van der Waals surface area contributed by atoms with Crippen LogP contribution < -0.4 is 5.73 Å². The van der Waals surface area contributed by atoms with Crippen LogP contribution in [0.5, 0.6) is 0 Å². The molecule has 2 aliphatic heterocycles. The molecule has 0 aromatic heterocycles. The lowest BCUT2D eigenvalue weighted by atomic mass is 10.1. The molecule has 0 saturated carbocycles. The van der Waals surface area contributed by atoms with Crippen molar-refractivity contribution in [1.82, 2.24) is 9.21 Å². The minimum atomic E-state index is -3.58. The number of carbonyl (C=O) groups is 1. The Balaban J connectivity index is 1.72. The summed E-state index contributed by atoms with van der Waals surface area (Å²) in [4.78, 5) is 14.1. The Morgan fingerprint density at radius 3 is 2.56 bits per heavy atom. The van der Waals surface area contributed by atoms with Gasteiger partial charge in [0.15, 0.2) is 0 Å². The number of hydrogen-bond donors (Lipinski definition) is 1. The van der Waals surface area contributed by atoms with E-state index in [0.29, 0.717) is 19.0 Å². The number of rotatable bonds is 5. The molecule has 0 radical (unpaired) electrons. The van der Waals surface area contributed by atoms with Gasteiger partial charge in [0, 0.05) is 25.2 Å². The average molecular weight is 365 g/mol. The fraction of sp³-hybridized carbons (Fsp3) is 0.611. The van der Waals surface area contributed by atoms with E-state index in [2.05, 4.69) is 4.90 Å². The highest BCUT2D eigenvalue weighted by Crippen LogP contribution is 2.27. The summed E-state index contributed by atoms with van der Waals surface area (Å²) in [7, 11) is -3.58. The lowest BCUT2D eigenvalue weighted by Crippen LogP contribution is -2.36. The van der Waals surface area contributed by atoms with Gasteiger partial charge in [-0.2, -0.15) is 4.31 Å². The number of nitrogens with zero attached hydrogens (tertiary/aromatic N) is 2. The van der Waals surface area contributed by atoms with E-state index in [4.69, 9.17) is 5.73 Å². The van der Waals surface area contributed by atoms with Gasteiger partial charge in [0.1, 0.15) is 0 Å². The summed E-state index contributed by atoms with van der Waals surface area (Å²) in [6, 6.07) is 4.62. The molecule has 138 valence electrons. The molecule has 6 nitrogen and oxygen atoms in total. The van der Waals surface area contributed by atoms with Crippen LogP contribution in [0.2, 0.25) is 0 Å². The number of amides is 1. The van der Waals surface area contributed by atoms with E-state index in [0.717, 1.165) is 31.6 Å². The first kappa shape index (κ1) is 18.4. The van der Waals surface area contributed by atoms with Crippen LogP contribution in [0.1, 0.15) is 41.6 Å². The molecular weight excluding hydrogens is 338 g/mol. The van der Waals surface area contributed by atoms with Crippen molar-refractivity contribution in [2.75, 3.05) is 32.7 Å². The quantitative estimate of drug-likeness (QED) is 0.859. The maximum Gasteiger partial charge on any atom is 0.248 e. The third-order valence-electron chi connectivity index (χ3n) is 5.19. The molecule has 1 unspecified atom stereocenters.